The summed E-state index contributed by atoms with van der Waals surface area (Å²) < 4.78 is 0. The molecule has 0 bridgehead atoms. The minimum absolute atomic E-state index is 0.382. The lowest BCUT2D eigenvalue weighted by Crippen LogP contribution is -1.97. The maximum Gasteiger partial charge on any atom is 0.0549 e. The van der Waals surface area contributed by atoms with E-state index in [2.05, 4.69) is 91.0 Å². The standard InChI is InChI=1S/C20H18S/c1-4-10-17(11-5-1)16-21-20(18-12-6-2-7-13-18)19-14-8-3-9-15-19/h1-15,20H,16H2. The van der Waals surface area contributed by atoms with Crippen LogP contribution < -0.4 is 0 Å². The lowest BCUT2D eigenvalue weighted by molar-refractivity contribution is 1.15. The van der Waals surface area contributed by atoms with Crippen LogP contribution in [0.5, 0.6) is 0 Å². The van der Waals surface area contributed by atoms with Crippen molar-refractivity contribution in [3.8, 4) is 0 Å². The molecule has 0 saturated heterocycles. The Morgan fingerprint density at radius 1 is 0.571 bits per heavy atom. The first-order valence-electron chi connectivity index (χ1n) is 7.19. The number of hydrogen-bond acceptors (Lipinski definition) is 1. The summed E-state index contributed by atoms with van der Waals surface area (Å²) in [5.74, 6) is 1.02. The molecule has 0 aliphatic heterocycles. The molecule has 104 valence electrons. The highest BCUT2D eigenvalue weighted by atomic mass is 32.2. The fourth-order valence-corrected chi connectivity index (χ4v) is 3.65. The normalized spacial score (nSPS) is 10.7. The molecule has 0 spiro atoms. The van der Waals surface area contributed by atoms with Gasteiger partial charge in [-0.3, -0.25) is 0 Å². The van der Waals surface area contributed by atoms with Crippen LogP contribution in [0.25, 0.3) is 0 Å². The van der Waals surface area contributed by atoms with Gasteiger partial charge in [-0.25, -0.2) is 0 Å². The van der Waals surface area contributed by atoms with Gasteiger partial charge >= 0.3 is 0 Å². The van der Waals surface area contributed by atoms with Gasteiger partial charge < -0.3 is 0 Å². The smallest absolute Gasteiger partial charge is 0.0549 e. The molecule has 0 aromatic heterocycles. The Hall–Kier alpha value is -1.99. The van der Waals surface area contributed by atoms with Gasteiger partial charge in [-0.2, -0.15) is 0 Å². The quantitative estimate of drug-likeness (QED) is 0.580. The molecule has 0 heterocycles. The summed E-state index contributed by atoms with van der Waals surface area (Å²) in [5.41, 5.74) is 4.11. The fraction of sp³-hybridized carbons (Fsp3) is 0.100. The van der Waals surface area contributed by atoms with Crippen LogP contribution in [0.3, 0.4) is 0 Å². The minimum atomic E-state index is 0.382. The second kappa shape index (κ2) is 7.14. The summed E-state index contributed by atoms with van der Waals surface area (Å²) in [7, 11) is 0. The van der Waals surface area contributed by atoms with E-state index in [0.29, 0.717) is 5.25 Å². The van der Waals surface area contributed by atoms with Gasteiger partial charge in [0.05, 0.1) is 5.25 Å². The van der Waals surface area contributed by atoms with Gasteiger partial charge in [0.15, 0.2) is 0 Å². The highest BCUT2D eigenvalue weighted by Crippen LogP contribution is 2.37. The van der Waals surface area contributed by atoms with Crippen LogP contribution in [0.4, 0.5) is 0 Å². The summed E-state index contributed by atoms with van der Waals surface area (Å²) >= 11 is 1.98. The van der Waals surface area contributed by atoms with Gasteiger partial charge in [0, 0.05) is 5.75 Å². The zero-order valence-corrected chi connectivity index (χ0v) is 12.7. The predicted octanol–water partition coefficient (Wildman–Crippen LogP) is 5.71. The van der Waals surface area contributed by atoms with E-state index in [1.165, 1.54) is 16.7 Å². The van der Waals surface area contributed by atoms with Crippen molar-refractivity contribution in [1.82, 2.24) is 0 Å². The van der Waals surface area contributed by atoms with Crippen molar-refractivity contribution >= 4 is 11.8 Å². The van der Waals surface area contributed by atoms with E-state index in [4.69, 9.17) is 0 Å². The molecule has 1 heteroatoms. The lowest BCUT2D eigenvalue weighted by atomic mass is 10.0. The Bertz CT molecular complexity index is 608. The summed E-state index contributed by atoms with van der Waals surface area (Å²) in [6, 6.07) is 32.2. The first-order chi connectivity index (χ1) is 10.4. The fourth-order valence-electron chi connectivity index (χ4n) is 2.39. The van der Waals surface area contributed by atoms with Crippen molar-refractivity contribution in [2.75, 3.05) is 0 Å². The molecule has 0 atom stereocenters. The van der Waals surface area contributed by atoms with E-state index in [1.54, 1.807) is 0 Å². The van der Waals surface area contributed by atoms with Crippen LogP contribution in [-0.4, -0.2) is 0 Å². The highest BCUT2D eigenvalue weighted by molar-refractivity contribution is 7.98. The first kappa shape index (κ1) is 14.0. The van der Waals surface area contributed by atoms with Crippen molar-refractivity contribution in [2.45, 2.75) is 11.0 Å². The molecule has 0 aliphatic rings. The molecule has 3 rings (SSSR count). The van der Waals surface area contributed by atoms with Crippen molar-refractivity contribution in [3.63, 3.8) is 0 Å². The van der Waals surface area contributed by atoms with Gasteiger partial charge in [-0.15, -0.1) is 11.8 Å². The van der Waals surface area contributed by atoms with Crippen LogP contribution in [0.2, 0.25) is 0 Å². The van der Waals surface area contributed by atoms with Crippen LogP contribution in [0.15, 0.2) is 91.0 Å². The average molecular weight is 290 g/mol. The largest absolute Gasteiger partial charge is 0.144 e. The van der Waals surface area contributed by atoms with Gasteiger partial charge in [0.2, 0.25) is 0 Å². The number of rotatable bonds is 5. The molecule has 3 aromatic rings. The van der Waals surface area contributed by atoms with Crippen molar-refractivity contribution in [3.05, 3.63) is 108 Å². The van der Waals surface area contributed by atoms with E-state index < -0.39 is 0 Å². The first-order valence-corrected chi connectivity index (χ1v) is 8.24. The van der Waals surface area contributed by atoms with E-state index in [1.807, 2.05) is 11.8 Å². The maximum absolute atomic E-state index is 2.22. The number of hydrogen-bond donors (Lipinski definition) is 0. The van der Waals surface area contributed by atoms with Gasteiger partial charge in [-0.1, -0.05) is 91.0 Å². The third kappa shape index (κ3) is 3.77. The third-order valence-corrected chi connectivity index (χ3v) is 4.84. The van der Waals surface area contributed by atoms with Gasteiger partial charge in [-0.05, 0) is 16.7 Å². The monoisotopic (exact) mass is 290 g/mol. The average Bonchev–Trinajstić information content (AvgIpc) is 2.58. The molecule has 0 unspecified atom stereocenters. The number of thioether (sulfide) groups is 1. The van der Waals surface area contributed by atoms with Crippen LogP contribution >= 0.6 is 11.8 Å². The van der Waals surface area contributed by atoms with Gasteiger partial charge in [0.1, 0.15) is 0 Å². The Kier molecular flexibility index (Phi) is 4.75. The molecule has 0 aliphatic carbocycles. The van der Waals surface area contributed by atoms with E-state index in [0.717, 1.165) is 5.75 Å². The van der Waals surface area contributed by atoms with Crippen molar-refractivity contribution in [1.29, 1.82) is 0 Å². The molecular formula is C20H18S. The molecule has 3 aromatic carbocycles. The minimum Gasteiger partial charge on any atom is -0.144 e. The molecule has 21 heavy (non-hydrogen) atoms. The molecule has 0 fully saturated rings. The summed E-state index contributed by atoms with van der Waals surface area (Å²) in [5, 5.41) is 0.382. The Balaban J connectivity index is 1.83. The van der Waals surface area contributed by atoms with Crippen molar-refractivity contribution in [2.24, 2.45) is 0 Å². The summed E-state index contributed by atoms with van der Waals surface area (Å²) in [6.45, 7) is 0. The van der Waals surface area contributed by atoms with E-state index in [9.17, 15) is 0 Å². The van der Waals surface area contributed by atoms with E-state index >= 15 is 0 Å². The molecule has 0 saturated carbocycles. The molecule has 0 nitrogen and oxygen atoms in total. The summed E-state index contributed by atoms with van der Waals surface area (Å²) in [6.07, 6.45) is 0. The zero-order chi connectivity index (χ0) is 14.3. The highest BCUT2D eigenvalue weighted by Gasteiger charge is 2.14. The Morgan fingerprint density at radius 3 is 1.48 bits per heavy atom. The predicted molar refractivity (Wildman–Crippen MR) is 92.5 cm³/mol. The summed E-state index contributed by atoms with van der Waals surface area (Å²) in [4.78, 5) is 0. The van der Waals surface area contributed by atoms with Gasteiger partial charge in [0.25, 0.3) is 0 Å². The Morgan fingerprint density at radius 2 is 1.00 bits per heavy atom. The zero-order valence-electron chi connectivity index (χ0n) is 11.9. The number of benzene rings is 3. The lowest BCUT2D eigenvalue weighted by Gasteiger charge is -2.17. The maximum atomic E-state index is 2.22. The molecular weight excluding hydrogens is 272 g/mol. The van der Waals surface area contributed by atoms with Crippen LogP contribution in [0, 0.1) is 0 Å². The van der Waals surface area contributed by atoms with Crippen LogP contribution in [0.1, 0.15) is 21.9 Å². The van der Waals surface area contributed by atoms with Crippen LogP contribution in [-0.2, 0) is 5.75 Å². The topological polar surface area (TPSA) is 0 Å². The van der Waals surface area contributed by atoms with E-state index in [-0.39, 0.29) is 0 Å². The molecule has 0 amide bonds. The Labute approximate surface area is 130 Å². The molecule has 0 radical (unpaired) electrons. The van der Waals surface area contributed by atoms with Crippen molar-refractivity contribution < 1.29 is 0 Å². The second-order valence-corrected chi connectivity index (χ2v) is 6.09. The molecule has 0 N–H and O–H groups in total. The second-order valence-electron chi connectivity index (χ2n) is 5.00. The third-order valence-electron chi connectivity index (χ3n) is 3.46. The SMILES string of the molecule is c1ccc(CSC(c2ccccc2)c2ccccc2)cc1.